The van der Waals surface area contributed by atoms with Crippen molar-refractivity contribution in [3.05, 3.63) is 0 Å². The van der Waals surface area contributed by atoms with Crippen molar-refractivity contribution in [1.29, 1.82) is 0 Å². The molecule has 0 radical (unpaired) electrons. The molecule has 0 amide bonds. The first-order valence-corrected chi connectivity index (χ1v) is 9.35. The molecule has 3 unspecified atom stereocenters. The van der Waals surface area contributed by atoms with Crippen LogP contribution in [0.25, 0.3) is 0 Å². The Bertz CT molecular complexity index is 401. The van der Waals surface area contributed by atoms with E-state index in [9.17, 15) is 9.90 Å². The standard InChI is InChI=1S/C18H32N2O3/c1-3-12(4-2)14-7-10-17(21)16(11-14)20-19-15-8-5-13(6-9-15)18(22)23/h12-17,21H,3-11H2,1-2H3,(H,22,23). The summed E-state index contributed by atoms with van der Waals surface area (Å²) < 4.78 is 0. The smallest absolute Gasteiger partial charge is 0.306 e. The number of aliphatic hydroxyl groups excluding tert-OH is 1. The van der Waals surface area contributed by atoms with Crippen LogP contribution in [0, 0.1) is 17.8 Å². The topological polar surface area (TPSA) is 82.2 Å². The summed E-state index contributed by atoms with van der Waals surface area (Å²) in [7, 11) is 0. The fraction of sp³-hybridized carbons (Fsp3) is 0.944. The largest absolute Gasteiger partial charge is 0.481 e. The van der Waals surface area contributed by atoms with E-state index in [2.05, 4.69) is 24.1 Å². The first-order valence-electron chi connectivity index (χ1n) is 9.35. The SMILES string of the molecule is CCC(CC)C1CCC(O)C(N=NC2CCC(C(=O)O)CC2)C1. The molecule has 5 heteroatoms. The van der Waals surface area contributed by atoms with Crippen molar-refractivity contribution in [1.82, 2.24) is 0 Å². The number of rotatable bonds is 6. The van der Waals surface area contributed by atoms with Gasteiger partial charge in [0, 0.05) is 0 Å². The Labute approximate surface area is 139 Å². The average molecular weight is 324 g/mol. The molecule has 2 fully saturated rings. The number of hydrogen-bond acceptors (Lipinski definition) is 4. The molecule has 2 N–H and O–H groups in total. The Morgan fingerprint density at radius 1 is 1.04 bits per heavy atom. The number of aliphatic hydroxyl groups is 1. The van der Waals surface area contributed by atoms with Crippen LogP contribution in [0.15, 0.2) is 10.2 Å². The molecule has 2 saturated carbocycles. The minimum Gasteiger partial charge on any atom is -0.481 e. The van der Waals surface area contributed by atoms with Crippen LogP contribution in [-0.4, -0.2) is 34.4 Å². The molecule has 2 aliphatic rings. The number of carboxylic acids is 1. The van der Waals surface area contributed by atoms with Crippen LogP contribution in [0.5, 0.6) is 0 Å². The molecule has 3 atom stereocenters. The Hall–Kier alpha value is -0.970. The predicted octanol–water partition coefficient (Wildman–Crippen LogP) is 4.05. The van der Waals surface area contributed by atoms with Crippen molar-refractivity contribution in [3.63, 3.8) is 0 Å². The Morgan fingerprint density at radius 3 is 2.26 bits per heavy atom. The van der Waals surface area contributed by atoms with Crippen LogP contribution in [0.4, 0.5) is 0 Å². The van der Waals surface area contributed by atoms with Crippen molar-refractivity contribution >= 4 is 5.97 Å². The summed E-state index contributed by atoms with van der Waals surface area (Å²) in [6.45, 7) is 4.49. The van der Waals surface area contributed by atoms with E-state index in [0.29, 0.717) is 18.8 Å². The minimum absolute atomic E-state index is 0.0634. The normalized spacial score (nSPS) is 35.7. The molecule has 0 spiro atoms. The van der Waals surface area contributed by atoms with E-state index < -0.39 is 5.97 Å². The molecule has 5 nitrogen and oxygen atoms in total. The van der Waals surface area contributed by atoms with Gasteiger partial charge in [-0.05, 0) is 56.8 Å². The monoisotopic (exact) mass is 324 g/mol. The average Bonchev–Trinajstić information content (AvgIpc) is 2.56. The molecule has 0 aliphatic heterocycles. The van der Waals surface area contributed by atoms with Gasteiger partial charge in [0.25, 0.3) is 0 Å². The highest BCUT2D eigenvalue weighted by Crippen LogP contribution is 2.35. The van der Waals surface area contributed by atoms with Gasteiger partial charge in [0.1, 0.15) is 0 Å². The zero-order valence-corrected chi connectivity index (χ0v) is 14.5. The van der Waals surface area contributed by atoms with E-state index in [1.54, 1.807) is 0 Å². The maximum absolute atomic E-state index is 11.0. The quantitative estimate of drug-likeness (QED) is 0.723. The van der Waals surface area contributed by atoms with Crippen LogP contribution in [0.2, 0.25) is 0 Å². The van der Waals surface area contributed by atoms with Crippen LogP contribution in [0.1, 0.15) is 71.6 Å². The predicted molar refractivity (Wildman–Crippen MR) is 89.4 cm³/mol. The van der Waals surface area contributed by atoms with Crippen LogP contribution < -0.4 is 0 Å². The molecule has 0 heterocycles. The lowest BCUT2D eigenvalue weighted by Crippen LogP contribution is -2.35. The maximum atomic E-state index is 11.0. The number of carbonyl (C=O) groups is 1. The number of hydrogen-bond donors (Lipinski definition) is 2. The molecule has 0 aromatic carbocycles. The molecular formula is C18H32N2O3. The van der Waals surface area contributed by atoms with Gasteiger partial charge in [-0.3, -0.25) is 4.79 Å². The first-order chi connectivity index (χ1) is 11.0. The molecule has 132 valence electrons. The van der Waals surface area contributed by atoms with Gasteiger partial charge >= 0.3 is 5.97 Å². The Morgan fingerprint density at radius 2 is 1.70 bits per heavy atom. The molecule has 2 rings (SSSR count). The second kappa shape index (κ2) is 8.76. The van der Waals surface area contributed by atoms with Gasteiger partial charge in [-0.25, -0.2) is 0 Å². The maximum Gasteiger partial charge on any atom is 0.306 e. The summed E-state index contributed by atoms with van der Waals surface area (Å²) in [6.07, 6.45) is 7.91. The molecule has 0 aromatic rings. The molecule has 0 aromatic heterocycles. The molecule has 0 saturated heterocycles. The summed E-state index contributed by atoms with van der Waals surface area (Å²) in [4.78, 5) is 11.0. The van der Waals surface area contributed by atoms with Gasteiger partial charge in [-0.1, -0.05) is 26.7 Å². The van der Waals surface area contributed by atoms with Crippen molar-refractivity contribution in [2.45, 2.75) is 89.8 Å². The van der Waals surface area contributed by atoms with E-state index in [-0.39, 0.29) is 24.1 Å². The molecule has 23 heavy (non-hydrogen) atoms. The van der Waals surface area contributed by atoms with Gasteiger partial charge in [-0.15, -0.1) is 0 Å². The third-order valence-electron chi connectivity index (χ3n) is 5.96. The summed E-state index contributed by atoms with van der Waals surface area (Å²) in [5, 5.41) is 28.2. The second-order valence-corrected chi connectivity index (χ2v) is 7.36. The van der Waals surface area contributed by atoms with Crippen molar-refractivity contribution in [2.24, 2.45) is 28.0 Å². The van der Waals surface area contributed by atoms with Crippen LogP contribution in [0.3, 0.4) is 0 Å². The summed E-state index contributed by atoms with van der Waals surface area (Å²) in [5.74, 6) is 0.489. The van der Waals surface area contributed by atoms with Gasteiger partial charge in [0.15, 0.2) is 0 Å². The van der Waals surface area contributed by atoms with Crippen LogP contribution >= 0.6 is 0 Å². The lowest BCUT2D eigenvalue weighted by Gasteiger charge is -2.35. The van der Waals surface area contributed by atoms with E-state index in [1.807, 2.05) is 0 Å². The summed E-state index contributed by atoms with van der Waals surface area (Å²) in [6, 6.07) is 0.0814. The zero-order valence-electron chi connectivity index (χ0n) is 14.5. The fourth-order valence-electron chi connectivity index (χ4n) is 4.29. The van der Waals surface area contributed by atoms with Crippen molar-refractivity contribution < 1.29 is 15.0 Å². The van der Waals surface area contributed by atoms with Crippen molar-refractivity contribution in [3.8, 4) is 0 Å². The Kier molecular flexibility index (Phi) is 7.00. The van der Waals surface area contributed by atoms with E-state index in [4.69, 9.17) is 5.11 Å². The number of nitrogens with zero attached hydrogens (tertiary/aromatic N) is 2. The number of azo groups is 1. The van der Waals surface area contributed by atoms with Crippen molar-refractivity contribution in [2.75, 3.05) is 0 Å². The molecule has 0 bridgehead atoms. The number of carboxylic acid groups (broad SMARTS) is 1. The zero-order chi connectivity index (χ0) is 16.8. The van der Waals surface area contributed by atoms with Gasteiger partial charge < -0.3 is 10.2 Å². The van der Waals surface area contributed by atoms with Crippen LogP contribution in [-0.2, 0) is 4.79 Å². The van der Waals surface area contributed by atoms with E-state index >= 15 is 0 Å². The lowest BCUT2D eigenvalue weighted by atomic mass is 9.75. The molecular weight excluding hydrogens is 292 g/mol. The lowest BCUT2D eigenvalue weighted by molar-refractivity contribution is -0.142. The van der Waals surface area contributed by atoms with Gasteiger partial charge in [0.05, 0.1) is 24.1 Å². The third-order valence-corrected chi connectivity index (χ3v) is 5.96. The first kappa shape index (κ1) is 18.4. The third kappa shape index (κ3) is 5.00. The number of aliphatic carboxylic acids is 1. The van der Waals surface area contributed by atoms with Gasteiger partial charge in [0.2, 0.25) is 0 Å². The Balaban J connectivity index is 1.86. The van der Waals surface area contributed by atoms with Gasteiger partial charge in [-0.2, -0.15) is 10.2 Å². The van der Waals surface area contributed by atoms with E-state index in [1.165, 1.54) is 12.8 Å². The summed E-state index contributed by atoms with van der Waals surface area (Å²) >= 11 is 0. The highest BCUT2D eigenvalue weighted by molar-refractivity contribution is 5.70. The highest BCUT2D eigenvalue weighted by atomic mass is 16.4. The minimum atomic E-state index is -0.684. The highest BCUT2D eigenvalue weighted by Gasteiger charge is 2.33. The van der Waals surface area contributed by atoms with E-state index in [0.717, 1.165) is 38.0 Å². The second-order valence-electron chi connectivity index (χ2n) is 7.36. The summed E-state index contributed by atoms with van der Waals surface area (Å²) in [5.41, 5.74) is 0. The fourth-order valence-corrected chi connectivity index (χ4v) is 4.29. The molecule has 2 aliphatic carbocycles.